The van der Waals surface area contributed by atoms with E-state index in [2.05, 4.69) is 12.2 Å². The Kier molecular flexibility index (Phi) is 8.70. The molecule has 0 aromatic heterocycles. The average Bonchev–Trinajstić information content (AvgIpc) is 2.70. The van der Waals surface area contributed by atoms with Crippen LogP contribution in [0.1, 0.15) is 31.7 Å². The number of nitrogens with one attached hydrogen (secondary N) is 1. The first-order valence-corrected chi connectivity index (χ1v) is 10.0. The maximum absolute atomic E-state index is 13.7. The zero-order valence-electron chi connectivity index (χ0n) is 16.5. The maximum Gasteiger partial charge on any atom is 0.227 e. The Balaban J connectivity index is 0.00000280. The zero-order valence-corrected chi connectivity index (χ0v) is 17.3. The molecule has 0 spiro atoms. The van der Waals surface area contributed by atoms with Gasteiger partial charge >= 0.3 is 0 Å². The number of hydrogen-bond donors (Lipinski definition) is 1. The predicted molar refractivity (Wildman–Crippen MR) is 110 cm³/mol. The van der Waals surface area contributed by atoms with Crippen LogP contribution in [0.25, 0.3) is 0 Å². The lowest BCUT2D eigenvalue weighted by Crippen LogP contribution is -2.51. The normalized spacial score (nSPS) is 21.0. The molecule has 2 saturated heterocycles. The molecule has 28 heavy (non-hydrogen) atoms. The highest BCUT2D eigenvalue weighted by atomic mass is 35.5. The van der Waals surface area contributed by atoms with Crippen LogP contribution in [-0.4, -0.2) is 60.9 Å². The molecule has 3 rings (SSSR count). The summed E-state index contributed by atoms with van der Waals surface area (Å²) in [5.41, 5.74) is 0.427. The number of nitrogens with zero attached hydrogens (tertiary/aromatic N) is 2. The van der Waals surface area contributed by atoms with Gasteiger partial charge in [0.1, 0.15) is 5.82 Å². The van der Waals surface area contributed by atoms with E-state index in [0.29, 0.717) is 50.0 Å². The van der Waals surface area contributed by atoms with Gasteiger partial charge in [-0.1, -0.05) is 25.1 Å². The average molecular weight is 412 g/mol. The molecule has 7 heteroatoms. The van der Waals surface area contributed by atoms with Crippen molar-refractivity contribution in [3.05, 3.63) is 35.6 Å². The fourth-order valence-electron chi connectivity index (χ4n) is 4.06. The summed E-state index contributed by atoms with van der Waals surface area (Å²) < 4.78 is 13.7. The molecule has 0 bridgehead atoms. The lowest BCUT2D eigenvalue weighted by Gasteiger charge is -2.36. The SMILES string of the molecule is CC(CC(=O)N1CCN(C(=O)Cc2ccccc2F)CC1)C1CCCNC1.Cl. The quantitative estimate of drug-likeness (QED) is 0.809. The molecule has 2 atom stereocenters. The molecule has 0 radical (unpaired) electrons. The van der Waals surface area contributed by atoms with Gasteiger partial charge in [-0.25, -0.2) is 4.39 Å². The molecule has 156 valence electrons. The molecule has 2 aliphatic rings. The first-order valence-electron chi connectivity index (χ1n) is 10.0. The van der Waals surface area contributed by atoms with Crippen molar-refractivity contribution in [2.75, 3.05) is 39.3 Å². The fraction of sp³-hybridized carbons (Fsp3) is 0.619. The Morgan fingerprint density at radius 1 is 1.14 bits per heavy atom. The number of hydrogen-bond acceptors (Lipinski definition) is 3. The molecule has 0 saturated carbocycles. The summed E-state index contributed by atoms with van der Waals surface area (Å²) in [6.45, 7) is 6.45. The van der Waals surface area contributed by atoms with Crippen LogP contribution < -0.4 is 5.32 Å². The van der Waals surface area contributed by atoms with Crippen molar-refractivity contribution in [2.45, 2.75) is 32.6 Å². The van der Waals surface area contributed by atoms with E-state index in [1.54, 1.807) is 23.1 Å². The monoisotopic (exact) mass is 411 g/mol. The summed E-state index contributed by atoms with van der Waals surface area (Å²) in [5.74, 6) is 0.728. The molecule has 2 amide bonds. The van der Waals surface area contributed by atoms with Gasteiger partial charge in [-0.05, 0) is 49.4 Å². The smallest absolute Gasteiger partial charge is 0.227 e. The van der Waals surface area contributed by atoms with Crippen LogP contribution >= 0.6 is 12.4 Å². The van der Waals surface area contributed by atoms with Crippen molar-refractivity contribution in [2.24, 2.45) is 11.8 Å². The van der Waals surface area contributed by atoms with E-state index in [-0.39, 0.29) is 36.5 Å². The number of carbonyl (C=O) groups is 2. The lowest BCUT2D eigenvalue weighted by molar-refractivity contribution is -0.140. The molecule has 1 aromatic carbocycles. The van der Waals surface area contributed by atoms with Gasteiger partial charge in [0.25, 0.3) is 0 Å². The molecule has 5 nitrogen and oxygen atoms in total. The van der Waals surface area contributed by atoms with Crippen molar-refractivity contribution in [1.82, 2.24) is 15.1 Å². The summed E-state index contributed by atoms with van der Waals surface area (Å²) in [7, 11) is 0. The topological polar surface area (TPSA) is 52.7 Å². The van der Waals surface area contributed by atoms with Gasteiger partial charge in [0.05, 0.1) is 6.42 Å². The Labute approximate surface area is 173 Å². The van der Waals surface area contributed by atoms with Crippen LogP contribution in [0, 0.1) is 17.7 Å². The Hall–Kier alpha value is -1.66. The van der Waals surface area contributed by atoms with Crippen LogP contribution in [0.3, 0.4) is 0 Å². The molecule has 0 aliphatic carbocycles. The van der Waals surface area contributed by atoms with E-state index in [0.717, 1.165) is 13.1 Å². The van der Waals surface area contributed by atoms with Gasteiger partial charge in [-0.3, -0.25) is 9.59 Å². The standard InChI is InChI=1S/C21H30FN3O2.ClH/c1-16(18-6-4-8-23-15-18)13-20(26)24-9-11-25(12-10-24)21(27)14-17-5-2-3-7-19(17)22;/h2-3,5,7,16,18,23H,4,6,8-15H2,1H3;1H. The van der Waals surface area contributed by atoms with Crippen molar-refractivity contribution in [1.29, 1.82) is 0 Å². The van der Waals surface area contributed by atoms with Gasteiger partial charge < -0.3 is 15.1 Å². The highest BCUT2D eigenvalue weighted by Crippen LogP contribution is 2.23. The van der Waals surface area contributed by atoms with E-state index < -0.39 is 0 Å². The summed E-state index contributed by atoms with van der Waals surface area (Å²) >= 11 is 0. The highest BCUT2D eigenvalue weighted by Gasteiger charge is 2.27. The summed E-state index contributed by atoms with van der Waals surface area (Å²) in [6, 6.07) is 6.39. The van der Waals surface area contributed by atoms with E-state index in [4.69, 9.17) is 0 Å². The molecule has 2 heterocycles. The third kappa shape index (κ3) is 5.92. The molecule has 2 unspecified atom stereocenters. The highest BCUT2D eigenvalue weighted by molar-refractivity contribution is 5.85. The molecule has 2 aliphatic heterocycles. The molecule has 2 fully saturated rings. The number of rotatable bonds is 5. The predicted octanol–water partition coefficient (Wildman–Crippen LogP) is 2.49. The molecule has 1 N–H and O–H groups in total. The maximum atomic E-state index is 13.7. The van der Waals surface area contributed by atoms with Crippen molar-refractivity contribution < 1.29 is 14.0 Å². The third-order valence-corrected chi connectivity index (χ3v) is 5.92. The zero-order chi connectivity index (χ0) is 19.2. The second-order valence-corrected chi connectivity index (χ2v) is 7.82. The van der Waals surface area contributed by atoms with Gasteiger partial charge in [-0.15, -0.1) is 12.4 Å². The largest absolute Gasteiger partial charge is 0.339 e. The molecular formula is C21H31ClFN3O2. The second kappa shape index (κ2) is 10.8. The molecule has 1 aromatic rings. The Bertz CT molecular complexity index is 659. The van der Waals surface area contributed by atoms with Crippen LogP contribution in [-0.2, 0) is 16.0 Å². The Morgan fingerprint density at radius 3 is 2.39 bits per heavy atom. The minimum atomic E-state index is -0.342. The van der Waals surface area contributed by atoms with E-state index in [9.17, 15) is 14.0 Å². The van der Waals surface area contributed by atoms with Gasteiger partial charge in [0.15, 0.2) is 0 Å². The minimum Gasteiger partial charge on any atom is -0.339 e. The van der Waals surface area contributed by atoms with E-state index in [1.165, 1.54) is 18.9 Å². The van der Waals surface area contributed by atoms with Crippen LogP contribution in [0.5, 0.6) is 0 Å². The lowest BCUT2D eigenvalue weighted by atomic mass is 9.85. The van der Waals surface area contributed by atoms with Crippen molar-refractivity contribution >= 4 is 24.2 Å². The number of amides is 2. The number of piperazine rings is 1. The number of benzene rings is 1. The number of halogens is 2. The second-order valence-electron chi connectivity index (χ2n) is 7.82. The van der Waals surface area contributed by atoms with Crippen molar-refractivity contribution in [3.63, 3.8) is 0 Å². The Morgan fingerprint density at radius 2 is 1.79 bits per heavy atom. The van der Waals surface area contributed by atoms with Crippen LogP contribution in [0.4, 0.5) is 4.39 Å². The summed E-state index contributed by atoms with van der Waals surface area (Å²) in [5, 5.41) is 3.41. The minimum absolute atomic E-state index is 0. The summed E-state index contributed by atoms with van der Waals surface area (Å²) in [6.07, 6.45) is 3.04. The first kappa shape index (κ1) is 22.6. The van der Waals surface area contributed by atoms with E-state index >= 15 is 0 Å². The third-order valence-electron chi connectivity index (χ3n) is 5.92. The van der Waals surface area contributed by atoms with E-state index in [1.807, 2.05) is 4.90 Å². The van der Waals surface area contributed by atoms with Crippen molar-refractivity contribution in [3.8, 4) is 0 Å². The van der Waals surface area contributed by atoms with Gasteiger partial charge in [-0.2, -0.15) is 0 Å². The first-order chi connectivity index (χ1) is 13.0. The molecular weight excluding hydrogens is 381 g/mol. The fourth-order valence-corrected chi connectivity index (χ4v) is 4.06. The number of piperidine rings is 1. The van der Waals surface area contributed by atoms with Gasteiger partial charge in [0, 0.05) is 32.6 Å². The number of carbonyl (C=O) groups excluding carboxylic acids is 2. The van der Waals surface area contributed by atoms with Crippen LogP contribution in [0.15, 0.2) is 24.3 Å². The van der Waals surface area contributed by atoms with Gasteiger partial charge in [0.2, 0.25) is 11.8 Å². The van der Waals surface area contributed by atoms with Crippen LogP contribution in [0.2, 0.25) is 0 Å². The summed E-state index contributed by atoms with van der Waals surface area (Å²) in [4.78, 5) is 28.7.